The van der Waals surface area contributed by atoms with Crippen LogP contribution in [-0.4, -0.2) is 0 Å². The summed E-state index contributed by atoms with van der Waals surface area (Å²) < 4.78 is 0. The Labute approximate surface area is 66.0 Å². The quantitative estimate of drug-likeness (QED) is 0.561. The maximum atomic E-state index is 2.36. The Hall–Kier alpha value is 0. The van der Waals surface area contributed by atoms with E-state index in [1.54, 1.807) is 0 Å². The van der Waals surface area contributed by atoms with Crippen LogP contribution in [0.15, 0.2) is 0 Å². The van der Waals surface area contributed by atoms with Crippen molar-refractivity contribution in [1.29, 1.82) is 0 Å². The van der Waals surface area contributed by atoms with Crippen molar-refractivity contribution in [2.75, 3.05) is 0 Å². The van der Waals surface area contributed by atoms with Crippen LogP contribution in [0, 0.1) is 11.3 Å². The van der Waals surface area contributed by atoms with Gasteiger partial charge in [0.2, 0.25) is 0 Å². The molecule has 0 aromatic heterocycles. The molecule has 0 spiro atoms. The van der Waals surface area contributed by atoms with E-state index in [-0.39, 0.29) is 0 Å². The number of hydrogen-bond acceptors (Lipinski definition) is 0. The normalized spacial score (nSPS) is 15.3. The van der Waals surface area contributed by atoms with E-state index in [4.69, 9.17) is 0 Å². The molecular weight excluding hydrogens is 120 g/mol. The first-order chi connectivity index (χ1) is 4.48. The minimum absolute atomic E-state index is 0.509. The molecule has 0 saturated heterocycles. The van der Waals surface area contributed by atoms with Crippen LogP contribution in [-0.2, 0) is 0 Å². The minimum Gasteiger partial charge on any atom is -0.0654 e. The van der Waals surface area contributed by atoms with Gasteiger partial charge in [0.1, 0.15) is 0 Å². The van der Waals surface area contributed by atoms with Crippen molar-refractivity contribution in [1.82, 2.24) is 0 Å². The van der Waals surface area contributed by atoms with E-state index in [9.17, 15) is 0 Å². The SMILES string of the molecule is CCCC[C@@H](C)C(C)(C)C. The van der Waals surface area contributed by atoms with E-state index in [0.29, 0.717) is 5.41 Å². The van der Waals surface area contributed by atoms with Crippen molar-refractivity contribution in [3.8, 4) is 0 Å². The fraction of sp³-hybridized carbons (Fsp3) is 1.00. The topological polar surface area (TPSA) is 0 Å². The van der Waals surface area contributed by atoms with Crippen LogP contribution in [0.25, 0.3) is 0 Å². The summed E-state index contributed by atoms with van der Waals surface area (Å²) in [5, 5.41) is 0. The molecule has 0 nitrogen and oxygen atoms in total. The molecule has 1 atom stereocenters. The highest BCUT2D eigenvalue weighted by atomic mass is 14.2. The third kappa shape index (κ3) is 3.92. The first-order valence-corrected chi connectivity index (χ1v) is 4.48. The second-order valence-corrected chi connectivity index (χ2v) is 4.41. The number of unbranched alkanes of at least 4 members (excludes halogenated alkanes) is 1. The van der Waals surface area contributed by atoms with Gasteiger partial charge in [0, 0.05) is 0 Å². The van der Waals surface area contributed by atoms with Crippen molar-refractivity contribution in [2.24, 2.45) is 11.3 Å². The van der Waals surface area contributed by atoms with Crippen LogP contribution < -0.4 is 0 Å². The van der Waals surface area contributed by atoms with Gasteiger partial charge in [-0.15, -0.1) is 0 Å². The first-order valence-electron chi connectivity index (χ1n) is 4.48. The summed E-state index contributed by atoms with van der Waals surface area (Å²) in [5.41, 5.74) is 0.509. The Morgan fingerprint density at radius 3 is 2.00 bits per heavy atom. The third-order valence-electron chi connectivity index (χ3n) is 2.47. The second-order valence-electron chi connectivity index (χ2n) is 4.41. The zero-order valence-electron chi connectivity index (χ0n) is 8.20. The van der Waals surface area contributed by atoms with Crippen LogP contribution in [0.3, 0.4) is 0 Å². The van der Waals surface area contributed by atoms with E-state index in [1.165, 1.54) is 19.3 Å². The van der Waals surface area contributed by atoms with E-state index >= 15 is 0 Å². The smallest absolute Gasteiger partial charge is 0.0357 e. The highest BCUT2D eigenvalue weighted by Gasteiger charge is 2.18. The predicted molar refractivity (Wildman–Crippen MR) is 48.1 cm³/mol. The van der Waals surface area contributed by atoms with E-state index in [2.05, 4.69) is 34.6 Å². The number of hydrogen-bond donors (Lipinski definition) is 0. The van der Waals surface area contributed by atoms with Gasteiger partial charge in [-0.25, -0.2) is 0 Å². The van der Waals surface area contributed by atoms with Crippen LogP contribution in [0.5, 0.6) is 0 Å². The van der Waals surface area contributed by atoms with Gasteiger partial charge in [0.25, 0.3) is 0 Å². The van der Waals surface area contributed by atoms with Gasteiger partial charge in [-0.2, -0.15) is 0 Å². The summed E-state index contributed by atoms with van der Waals surface area (Å²) in [5.74, 6) is 0.868. The van der Waals surface area contributed by atoms with Gasteiger partial charge in [-0.05, 0) is 11.3 Å². The molecule has 0 bridgehead atoms. The van der Waals surface area contributed by atoms with Crippen molar-refractivity contribution in [3.63, 3.8) is 0 Å². The average molecular weight is 142 g/mol. The lowest BCUT2D eigenvalue weighted by molar-refractivity contribution is 0.242. The second kappa shape index (κ2) is 4.00. The molecule has 0 rings (SSSR count). The summed E-state index contributed by atoms with van der Waals surface area (Å²) in [6.07, 6.45) is 4.11. The van der Waals surface area contributed by atoms with Crippen molar-refractivity contribution >= 4 is 0 Å². The fourth-order valence-corrected chi connectivity index (χ4v) is 0.943. The van der Waals surface area contributed by atoms with Gasteiger partial charge in [0.05, 0.1) is 0 Å². The Morgan fingerprint density at radius 1 is 1.20 bits per heavy atom. The van der Waals surface area contributed by atoms with Crippen molar-refractivity contribution in [3.05, 3.63) is 0 Å². The highest BCUT2D eigenvalue weighted by Crippen LogP contribution is 2.29. The molecule has 0 aliphatic carbocycles. The summed E-state index contributed by atoms with van der Waals surface area (Å²) in [7, 11) is 0. The molecule has 0 heteroatoms. The molecule has 10 heavy (non-hydrogen) atoms. The molecule has 0 aliphatic heterocycles. The molecule has 0 amide bonds. The van der Waals surface area contributed by atoms with Crippen LogP contribution in [0.1, 0.15) is 53.9 Å². The zero-order chi connectivity index (χ0) is 8.20. The predicted octanol–water partition coefficient (Wildman–Crippen LogP) is 3.86. The lowest BCUT2D eigenvalue weighted by Gasteiger charge is -2.26. The summed E-state index contributed by atoms with van der Waals surface area (Å²) in [6, 6.07) is 0. The maximum Gasteiger partial charge on any atom is -0.0357 e. The maximum absolute atomic E-state index is 2.36. The third-order valence-corrected chi connectivity index (χ3v) is 2.47. The monoisotopic (exact) mass is 142 g/mol. The summed E-state index contributed by atoms with van der Waals surface area (Å²) in [6.45, 7) is 11.6. The molecule has 0 saturated carbocycles. The zero-order valence-corrected chi connectivity index (χ0v) is 8.20. The van der Waals surface area contributed by atoms with Gasteiger partial charge >= 0.3 is 0 Å². The van der Waals surface area contributed by atoms with Crippen LogP contribution in [0.2, 0.25) is 0 Å². The molecule has 0 fully saturated rings. The molecular formula is C10H22. The first kappa shape index (κ1) is 10.0. The lowest BCUT2D eigenvalue weighted by Crippen LogP contribution is -2.16. The molecule has 0 heterocycles. The minimum atomic E-state index is 0.509. The highest BCUT2D eigenvalue weighted by molar-refractivity contribution is 4.69. The molecule has 0 aromatic rings. The number of rotatable bonds is 3. The van der Waals surface area contributed by atoms with Gasteiger partial charge < -0.3 is 0 Å². The van der Waals surface area contributed by atoms with Crippen molar-refractivity contribution in [2.45, 2.75) is 53.9 Å². The molecule has 0 aromatic carbocycles. The lowest BCUT2D eigenvalue weighted by atomic mass is 9.79. The largest absolute Gasteiger partial charge is 0.0654 e. The average Bonchev–Trinajstić information content (AvgIpc) is 1.80. The van der Waals surface area contributed by atoms with E-state index < -0.39 is 0 Å². The van der Waals surface area contributed by atoms with Gasteiger partial charge in [-0.3, -0.25) is 0 Å². The Kier molecular flexibility index (Phi) is 4.00. The molecule has 0 radical (unpaired) electrons. The molecule has 62 valence electrons. The fourth-order valence-electron chi connectivity index (χ4n) is 0.943. The Bertz CT molecular complexity index is 76.5. The van der Waals surface area contributed by atoms with Gasteiger partial charge in [0.15, 0.2) is 0 Å². The molecule has 0 unspecified atom stereocenters. The summed E-state index contributed by atoms with van der Waals surface area (Å²) in [4.78, 5) is 0. The van der Waals surface area contributed by atoms with E-state index in [0.717, 1.165) is 5.92 Å². The molecule has 0 N–H and O–H groups in total. The van der Waals surface area contributed by atoms with E-state index in [1.807, 2.05) is 0 Å². The van der Waals surface area contributed by atoms with Crippen molar-refractivity contribution < 1.29 is 0 Å². The standard InChI is InChI=1S/C10H22/c1-6-7-8-9(2)10(3,4)5/h9H,6-8H2,1-5H3/t9-/m1/s1. The Morgan fingerprint density at radius 2 is 1.70 bits per heavy atom. The van der Waals surface area contributed by atoms with Crippen LogP contribution in [0.4, 0.5) is 0 Å². The van der Waals surface area contributed by atoms with Crippen LogP contribution >= 0.6 is 0 Å². The van der Waals surface area contributed by atoms with Gasteiger partial charge in [-0.1, -0.05) is 53.9 Å². The summed E-state index contributed by atoms with van der Waals surface area (Å²) >= 11 is 0. The Balaban J connectivity index is 3.52. The molecule has 0 aliphatic rings.